The number of amides is 1. The largest absolute Gasteiger partial charge is 0.303 e. The third-order valence-electron chi connectivity index (χ3n) is 3.33. The van der Waals surface area contributed by atoms with Crippen LogP contribution >= 0.6 is 23.2 Å². The van der Waals surface area contributed by atoms with E-state index in [9.17, 15) is 9.59 Å². The molecule has 0 radical (unpaired) electrons. The second kappa shape index (κ2) is 5.47. The Labute approximate surface area is 131 Å². The van der Waals surface area contributed by atoms with Crippen molar-refractivity contribution in [3.8, 4) is 0 Å². The molecule has 1 aliphatic rings. The summed E-state index contributed by atoms with van der Waals surface area (Å²) < 4.78 is 0. The molecule has 4 nitrogen and oxygen atoms in total. The summed E-state index contributed by atoms with van der Waals surface area (Å²) in [7, 11) is 0. The highest BCUT2D eigenvalue weighted by Gasteiger charge is 2.38. The molecule has 21 heavy (non-hydrogen) atoms. The van der Waals surface area contributed by atoms with Crippen molar-refractivity contribution in [3.05, 3.63) is 57.8 Å². The first-order valence-electron chi connectivity index (χ1n) is 6.33. The number of aromatic nitrogens is 1. The molecule has 0 fully saturated rings. The number of anilines is 1. The predicted molar refractivity (Wildman–Crippen MR) is 81.1 cm³/mol. The highest BCUT2D eigenvalue weighted by molar-refractivity contribution is 6.56. The van der Waals surface area contributed by atoms with Crippen molar-refractivity contribution < 1.29 is 9.59 Å². The van der Waals surface area contributed by atoms with Crippen molar-refractivity contribution in [2.24, 2.45) is 0 Å². The summed E-state index contributed by atoms with van der Waals surface area (Å²) in [5, 5.41) is 0.586. The molecule has 1 aromatic carbocycles. The molecule has 0 bridgehead atoms. The zero-order chi connectivity index (χ0) is 15.0. The Balaban J connectivity index is 1.93. The van der Waals surface area contributed by atoms with E-state index in [1.54, 1.807) is 12.3 Å². The van der Waals surface area contributed by atoms with Gasteiger partial charge in [-0.2, -0.15) is 0 Å². The van der Waals surface area contributed by atoms with Crippen LogP contribution in [0.25, 0.3) is 0 Å². The number of rotatable bonds is 3. The third kappa shape index (κ3) is 2.41. The van der Waals surface area contributed by atoms with Crippen LogP contribution in [0.4, 0.5) is 5.69 Å². The molecule has 1 aliphatic heterocycles. The van der Waals surface area contributed by atoms with Crippen molar-refractivity contribution in [3.63, 3.8) is 0 Å². The molecule has 0 saturated heterocycles. The first kappa shape index (κ1) is 14.0. The molecule has 106 valence electrons. The molecular weight excluding hydrogens is 311 g/mol. The van der Waals surface area contributed by atoms with Gasteiger partial charge in [-0.15, -0.1) is 0 Å². The highest BCUT2D eigenvalue weighted by atomic mass is 35.5. The smallest absolute Gasteiger partial charge is 0.299 e. The lowest BCUT2D eigenvalue weighted by Gasteiger charge is -2.17. The van der Waals surface area contributed by atoms with Crippen LogP contribution < -0.4 is 4.90 Å². The standard InChI is InChI=1S/C15H10Cl2N2O2/c16-10-4-5-11(17)13-12(10)14(20)15(21)19(13)8-6-9-3-1-2-7-18-9/h1-5,7H,6,8H2. The van der Waals surface area contributed by atoms with Gasteiger partial charge in [0.1, 0.15) is 0 Å². The average Bonchev–Trinajstić information content (AvgIpc) is 2.75. The second-order valence-corrected chi connectivity index (χ2v) is 5.42. The minimum atomic E-state index is -0.612. The summed E-state index contributed by atoms with van der Waals surface area (Å²) in [6.45, 7) is 0.328. The van der Waals surface area contributed by atoms with E-state index in [1.165, 1.54) is 11.0 Å². The van der Waals surface area contributed by atoms with Gasteiger partial charge in [0, 0.05) is 24.9 Å². The van der Waals surface area contributed by atoms with E-state index in [4.69, 9.17) is 23.2 Å². The number of Topliss-reactive ketones (excluding diaryl/α,β-unsaturated/α-hetero) is 1. The molecule has 2 aromatic rings. The van der Waals surface area contributed by atoms with Gasteiger partial charge in [0.25, 0.3) is 11.7 Å². The van der Waals surface area contributed by atoms with Gasteiger partial charge in [0.05, 0.1) is 21.3 Å². The fourth-order valence-corrected chi connectivity index (χ4v) is 2.84. The Morgan fingerprint density at radius 1 is 1.05 bits per heavy atom. The lowest BCUT2D eigenvalue weighted by Crippen LogP contribution is -2.31. The maximum Gasteiger partial charge on any atom is 0.299 e. The Morgan fingerprint density at radius 3 is 2.52 bits per heavy atom. The number of halogens is 2. The van der Waals surface area contributed by atoms with Crippen molar-refractivity contribution in [1.82, 2.24) is 4.98 Å². The number of carbonyl (C=O) groups is 2. The maximum atomic E-state index is 12.1. The van der Waals surface area contributed by atoms with Gasteiger partial charge >= 0.3 is 0 Å². The van der Waals surface area contributed by atoms with Gasteiger partial charge in [-0.05, 0) is 24.3 Å². The number of hydrogen-bond donors (Lipinski definition) is 0. The zero-order valence-corrected chi connectivity index (χ0v) is 12.4. The Morgan fingerprint density at radius 2 is 1.81 bits per heavy atom. The summed E-state index contributed by atoms with van der Waals surface area (Å²) in [6.07, 6.45) is 2.21. The first-order valence-corrected chi connectivity index (χ1v) is 7.09. The van der Waals surface area contributed by atoms with Gasteiger partial charge in [0.15, 0.2) is 0 Å². The monoisotopic (exact) mass is 320 g/mol. The quantitative estimate of drug-likeness (QED) is 0.816. The van der Waals surface area contributed by atoms with E-state index >= 15 is 0 Å². The summed E-state index contributed by atoms with van der Waals surface area (Å²) in [6, 6.07) is 8.67. The normalized spacial score (nSPS) is 13.7. The summed E-state index contributed by atoms with van der Waals surface area (Å²) >= 11 is 12.1. The van der Waals surface area contributed by atoms with E-state index in [0.717, 1.165) is 5.69 Å². The minimum absolute atomic E-state index is 0.190. The van der Waals surface area contributed by atoms with E-state index in [1.807, 2.05) is 18.2 Å². The Hall–Kier alpha value is -1.91. The Kier molecular flexibility index (Phi) is 3.66. The van der Waals surface area contributed by atoms with Crippen molar-refractivity contribution in [1.29, 1.82) is 0 Å². The number of carbonyl (C=O) groups excluding carboxylic acids is 2. The van der Waals surface area contributed by atoms with Crippen molar-refractivity contribution in [2.75, 3.05) is 11.4 Å². The van der Waals surface area contributed by atoms with E-state index in [2.05, 4.69) is 4.98 Å². The zero-order valence-electron chi connectivity index (χ0n) is 10.8. The molecule has 0 spiro atoms. The summed E-state index contributed by atoms with van der Waals surface area (Å²) in [5.41, 5.74) is 1.43. The molecule has 0 aliphatic carbocycles. The summed E-state index contributed by atoms with van der Waals surface area (Å²) in [4.78, 5) is 29.7. The summed E-state index contributed by atoms with van der Waals surface area (Å²) in [5.74, 6) is -1.21. The molecule has 0 saturated carbocycles. The highest BCUT2D eigenvalue weighted by Crippen LogP contribution is 2.39. The SMILES string of the molecule is O=C1C(=O)N(CCc2ccccn2)c2c(Cl)ccc(Cl)c21. The second-order valence-electron chi connectivity index (χ2n) is 4.61. The maximum absolute atomic E-state index is 12.1. The van der Waals surface area contributed by atoms with Crippen LogP contribution in [-0.4, -0.2) is 23.2 Å². The van der Waals surface area contributed by atoms with Crippen molar-refractivity contribution >= 4 is 40.6 Å². The van der Waals surface area contributed by atoms with Crippen molar-refractivity contribution in [2.45, 2.75) is 6.42 Å². The van der Waals surface area contributed by atoms with Gasteiger partial charge < -0.3 is 4.90 Å². The molecular formula is C15H10Cl2N2O2. The molecule has 1 amide bonds. The van der Waals surface area contributed by atoms with Gasteiger partial charge in [-0.3, -0.25) is 14.6 Å². The molecule has 6 heteroatoms. The van der Waals surface area contributed by atoms with Crippen LogP contribution in [0.5, 0.6) is 0 Å². The predicted octanol–water partition coefficient (Wildman–Crippen LogP) is 3.16. The van der Waals surface area contributed by atoms with E-state index < -0.39 is 11.7 Å². The number of ketones is 1. The molecule has 1 aromatic heterocycles. The van der Waals surface area contributed by atoms with Gasteiger partial charge in [-0.25, -0.2) is 0 Å². The van der Waals surface area contributed by atoms with Crippen LogP contribution in [0.1, 0.15) is 16.1 Å². The number of hydrogen-bond acceptors (Lipinski definition) is 3. The van der Waals surface area contributed by atoms with Crippen LogP contribution in [0.2, 0.25) is 10.0 Å². The lowest BCUT2D eigenvalue weighted by atomic mass is 10.1. The van der Waals surface area contributed by atoms with Gasteiger partial charge in [-0.1, -0.05) is 29.3 Å². The van der Waals surface area contributed by atoms with Gasteiger partial charge in [0.2, 0.25) is 0 Å². The fourth-order valence-electron chi connectivity index (χ4n) is 2.34. The number of fused-ring (bicyclic) bond motifs is 1. The first-order chi connectivity index (χ1) is 10.1. The van der Waals surface area contributed by atoms with Crippen LogP contribution in [0, 0.1) is 0 Å². The molecule has 3 rings (SSSR count). The van der Waals surface area contributed by atoms with Crippen LogP contribution in [-0.2, 0) is 11.2 Å². The minimum Gasteiger partial charge on any atom is -0.303 e. The third-order valence-corrected chi connectivity index (χ3v) is 3.95. The number of nitrogens with zero attached hydrogens (tertiary/aromatic N) is 2. The van der Waals surface area contributed by atoms with Crippen LogP contribution in [0.3, 0.4) is 0 Å². The number of pyridine rings is 1. The fraction of sp³-hybridized carbons (Fsp3) is 0.133. The van der Waals surface area contributed by atoms with E-state index in [0.29, 0.717) is 23.7 Å². The van der Waals surface area contributed by atoms with E-state index in [-0.39, 0.29) is 10.6 Å². The average molecular weight is 321 g/mol. The van der Waals surface area contributed by atoms with Crippen LogP contribution in [0.15, 0.2) is 36.5 Å². The number of benzene rings is 1. The lowest BCUT2D eigenvalue weighted by molar-refractivity contribution is -0.114. The topological polar surface area (TPSA) is 50.3 Å². The molecule has 0 N–H and O–H groups in total. The Bertz CT molecular complexity index is 732. The molecule has 2 heterocycles. The molecule has 0 unspecified atom stereocenters. The molecule has 0 atom stereocenters.